The number of carbonyl (C=O) groups is 1. The van der Waals surface area contributed by atoms with Crippen LogP contribution in [0.4, 0.5) is 0 Å². The molecule has 2 aromatic heterocycles. The van der Waals surface area contributed by atoms with Gasteiger partial charge in [0.05, 0.1) is 18.6 Å². The van der Waals surface area contributed by atoms with Gasteiger partial charge in [-0.15, -0.1) is 11.3 Å². The van der Waals surface area contributed by atoms with Crippen LogP contribution in [0, 0.1) is 13.8 Å². The third-order valence-electron chi connectivity index (χ3n) is 6.90. The number of ether oxygens (including phenoxy) is 2. The van der Waals surface area contributed by atoms with Gasteiger partial charge >= 0.3 is 0 Å². The number of thiophene rings is 1. The summed E-state index contributed by atoms with van der Waals surface area (Å²) >= 11 is 1.62. The largest absolute Gasteiger partial charge is 0.491 e. The standard InChI is InChI=1S/C30H32N4O5S/c1-18-14-22(28-31-29(36)26-23-10-11-34(3)16-24(23)40-30(26)32-28)15-19(2)27(18)39-13-12-38-17-21-6-4-20(5-7-21)8-9-25(35)33-37/h4-9,14-15,37H,10-13,16-17H2,1-3H3,(H,33,35)(H,31,32,36)/b9-8+. The summed E-state index contributed by atoms with van der Waals surface area (Å²) in [6, 6.07) is 11.6. The number of amides is 1. The molecule has 4 aromatic rings. The summed E-state index contributed by atoms with van der Waals surface area (Å²) in [5.41, 5.74) is 7.25. The Kier molecular flexibility index (Phi) is 8.41. The van der Waals surface area contributed by atoms with Crippen molar-refractivity contribution in [1.82, 2.24) is 20.3 Å². The van der Waals surface area contributed by atoms with Crippen molar-refractivity contribution in [2.24, 2.45) is 0 Å². The van der Waals surface area contributed by atoms with Crippen LogP contribution in [0.15, 0.2) is 47.3 Å². The molecule has 2 aromatic carbocycles. The van der Waals surface area contributed by atoms with Crippen molar-refractivity contribution in [2.75, 3.05) is 26.8 Å². The second-order valence-corrected chi connectivity index (χ2v) is 11.1. The molecule has 0 unspecified atom stereocenters. The van der Waals surface area contributed by atoms with Gasteiger partial charge in [0.25, 0.3) is 11.5 Å². The molecular weight excluding hydrogens is 528 g/mol. The van der Waals surface area contributed by atoms with E-state index in [-0.39, 0.29) is 5.56 Å². The molecule has 0 atom stereocenters. The first-order chi connectivity index (χ1) is 19.3. The average molecular weight is 561 g/mol. The number of aromatic amines is 1. The van der Waals surface area contributed by atoms with Gasteiger partial charge < -0.3 is 19.4 Å². The Balaban J connectivity index is 1.19. The molecule has 5 rings (SSSR count). The highest BCUT2D eigenvalue weighted by Crippen LogP contribution is 2.34. The first-order valence-electron chi connectivity index (χ1n) is 13.1. The van der Waals surface area contributed by atoms with Crippen molar-refractivity contribution >= 4 is 33.5 Å². The number of benzene rings is 2. The maximum absolute atomic E-state index is 13.0. The number of aryl methyl sites for hydroxylation is 2. The minimum Gasteiger partial charge on any atom is -0.491 e. The molecule has 1 amide bonds. The number of nitrogens with zero attached hydrogens (tertiary/aromatic N) is 2. The van der Waals surface area contributed by atoms with E-state index in [4.69, 9.17) is 19.7 Å². The third-order valence-corrected chi connectivity index (χ3v) is 8.01. The fourth-order valence-corrected chi connectivity index (χ4v) is 6.21. The Bertz CT molecular complexity index is 1600. The summed E-state index contributed by atoms with van der Waals surface area (Å²) < 4.78 is 11.8. The first kappa shape index (κ1) is 27.7. The van der Waals surface area contributed by atoms with Crippen LogP contribution in [0.5, 0.6) is 5.75 Å². The molecule has 0 spiro atoms. The monoisotopic (exact) mass is 560 g/mol. The highest BCUT2D eigenvalue weighted by molar-refractivity contribution is 7.18. The quantitative estimate of drug-likeness (QED) is 0.120. The van der Waals surface area contributed by atoms with Gasteiger partial charge in [0.1, 0.15) is 23.0 Å². The lowest BCUT2D eigenvalue weighted by molar-refractivity contribution is -0.124. The number of H-pyrrole nitrogens is 1. The lowest BCUT2D eigenvalue weighted by atomic mass is 10.0. The van der Waals surface area contributed by atoms with Gasteiger partial charge in [-0.25, -0.2) is 10.5 Å². The number of carbonyl (C=O) groups excluding carboxylic acids is 1. The molecule has 3 heterocycles. The zero-order chi connectivity index (χ0) is 28.2. The summed E-state index contributed by atoms with van der Waals surface area (Å²) in [5.74, 6) is 0.794. The fraction of sp³-hybridized carbons (Fsp3) is 0.300. The first-order valence-corrected chi connectivity index (χ1v) is 13.9. The minimum atomic E-state index is -0.578. The van der Waals surface area contributed by atoms with Gasteiger partial charge in [0.2, 0.25) is 0 Å². The van der Waals surface area contributed by atoms with Crippen LogP contribution in [0.1, 0.15) is 32.7 Å². The molecule has 40 heavy (non-hydrogen) atoms. The Morgan fingerprint density at radius 3 is 2.67 bits per heavy atom. The van der Waals surface area contributed by atoms with Gasteiger partial charge in [0.15, 0.2) is 0 Å². The number of hydrogen-bond acceptors (Lipinski definition) is 8. The SMILES string of the molecule is Cc1cc(-c2nc3sc4c(c3c(=O)[nH]2)CCN(C)C4)cc(C)c1OCCOCc1ccc(/C=C/C(=O)NO)cc1. The molecule has 10 heteroatoms. The molecule has 0 radical (unpaired) electrons. The summed E-state index contributed by atoms with van der Waals surface area (Å²) in [5, 5.41) is 9.28. The zero-order valence-electron chi connectivity index (χ0n) is 22.7. The second kappa shape index (κ2) is 12.1. The molecule has 0 fully saturated rings. The van der Waals surface area contributed by atoms with E-state index in [1.54, 1.807) is 22.9 Å². The summed E-state index contributed by atoms with van der Waals surface area (Å²) in [6.45, 7) is 7.04. The lowest BCUT2D eigenvalue weighted by Crippen LogP contribution is -2.25. The molecule has 0 bridgehead atoms. The maximum atomic E-state index is 13.0. The molecular formula is C30H32N4O5S. The van der Waals surface area contributed by atoms with Crippen molar-refractivity contribution in [3.63, 3.8) is 0 Å². The molecule has 0 saturated heterocycles. The Hall–Kier alpha value is -3.83. The minimum absolute atomic E-state index is 0.0740. The van der Waals surface area contributed by atoms with Crippen molar-refractivity contribution < 1.29 is 19.5 Å². The molecule has 0 saturated carbocycles. The molecule has 1 aliphatic rings. The number of hydrogen-bond donors (Lipinski definition) is 3. The third kappa shape index (κ3) is 6.15. The maximum Gasteiger partial charge on any atom is 0.267 e. The number of rotatable bonds is 9. The normalized spacial score (nSPS) is 13.6. The summed E-state index contributed by atoms with van der Waals surface area (Å²) in [7, 11) is 2.10. The van der Waals surface area contributed by atoms with E-state index < -0.39 is 5.91 Å². The van der Waals surface area contributed by atoms with Crippen molar-refractivity contribution in [1.29, 1.82) is 0 Å². The second-order valence-electron chi connectivity index (χ2n) is 9.98. The number of hydroxylamine groups is 1. The molecule has 0 aliphatic carbocycles. The molecule has 208 valence electrons. The van der Waals surface area contributed by atoms with E-state index in [0.717, 1.165) is 68.9 Å². The fourth-order valence-electron chi connectivity index (χ4n) is 4.91. The molecule has 3 N–H and O–H groups in total. The predicted octanol–water partition coefficient (Wildman–Crippen LogP) is 4.37. The lowest BCUT2D eigenvalue weighted by Gasteiger charge is -2.21. The Morgan fingerprint density at radius 1 is 1.20 bits per heavy atom. The van der Waals surface area contributed by atoms with Gasteiger partial charge in [-0.2, -0.15) is 0 Å². The van der Waals surface area contributed by atoms with Crippen LogP contribution in [-0.4, -0.2) is 52.8 Å². The van der Waals surface area contributed by atoms with Crippen molar-refractivity contribution in [3.8, 4) is 17.1 Å². The van der Waals surface area contributed by atoms with Gasteiger partial charge in [0, 0.05) is 29.6 Å². The van der Waals surface area contributed by atoms with E-state index >= 15 is 0 Å². The number of nitrogens with one attached hydrogen (secondary N) is 2. The highest BCUT2D eigenvalue weighted by atomic mass is 32.1. The van der Waals surface area contributed by atoms with Crippen LogP contribution < -0.4 is 15.8 Å². The molecule has 9 nitrogen and oxygen atoms in total. The van der Waals surface area contributed by atoms with Crippen molar-refractivity contribution in [2.45, 2.75) is 33.4 Å². The Morgan fingerprint density at radius 2 is 1.95 bits per heavy atom. The van der Waals surface area contributed by atoms with Crippen LogP contribution in [0.2, 0.25) is 0 Å². The number of aromatic nitrogens is 2. The van der Waals surface area contributed by atoms with E-state index in [0.29, 0.717) is 25.6 Å². The van der Waals surface area contributed by atoms with Crippen molar-refractivity contribution in [3.05, 3.63) is 85.5 Å². The van der Waals surface area contributed by atoms with Crippen LogP contribution in [0.3, 0.4) is 0 Å². The summed E-state index contributed by atoms with van der Waals surface area (Å²) in [6.07, 6.45) is 3.74. The average Bonchev–Trinajstić information content (AvgIpc) is 3.31. The number of likely N-dealkylation sites (N-methyl/N-ethyl adjacent to an activating group) is 1. The number of fused-ring (bicyclic) bond motifs is 3. The van der Waals surface area contributed by atoms with E-state index in [9.17, 15) is 9.59 Å². The highest BCUT2D eigenvalue weighted by Gasteiger charge is 2.22. The van der Waals surface area contributed by atoms with Gasteiger partial charge in [-0.05, 0) is 73.3 Å². The van der Waals surface area contributed by atoms with Crippen LogP contribution in [0.25, 0.3) is 27.7 Å². The summed E-state index contributed by atoms with van der Waals surface area (Å²) in [4.78, 5) is 36.3. The zero-order valence-corrected chi connectivity index (χ0v) is 23.6. The van der Waals surface area contributed by atoms with E-state index in [1.807, 2.05) is 50.2 Å². The van der Waals surface area contributed by atoms with E-state index in [2.05, 4.69) is 16.9 Å². The van der Waals surface area contributed by atoms with Gasteiger partial charge in [-0.1, -0.05) is 24.3 Å². The Labute approximate surface area is 236 Å². The van der Waals surface area contributed by atoms with Crippen LogP contribution in [-0.2, 0) is 29.1 Å². The topological polar surface area (TPSA) is 117 Å². The van der Waals surface area contributed by atoms with Crippen LogP contribution >= 0.6 is 11.3 Å². The molecule has 1 aliphatic heterocycles. The van der Waals surface area contributed by atoms with E-state index in [1.165, 1.54) is 11.0 Å². The van der Waals surface area contributed by atoms with Gasteiger partial charge in [-0.3, -0.25) is 14.8 Å². The smallest absolute Gasteiger partial charge is 0.267 e. The predicted molar refractivity (Wildman–Crippen MR) is 156 cm³/mol.